The lowest BCUT2D eigenvalue weighted by molar-refractivity contribution is -0.139. The topological polar surface area (TPSA) is 49.3 Å². The summed E-state index contributed by atoms with van der Waals surface area (Å²) >= 11 is 3.29. The number of aliphatic hydroxyl groups excluding tert-OH is 1. The van der Waals surface area contributed by atoms with Gasteiger partial charge >= 0.3 is 0 Å². The van der Waals surface area contributed by atoms with Crippen molar-refractivity contribution >= 4 is 21.8 Å². The normalized spacial score (nSPS) is 16.8. The Hall–Kier alpha value is -0.940. The van der Waals surface area contributed by atoms with E-state index in [1.807, 2.05) is 0 Å². The molecule has 0 aromatic heterocycles. The van der Waals surface area contributed by atoms with Crippen molar-refractivity contribution in [1.29, 1.82) is 0 Å². The van der Waals surface area contributed by atoms with Gasteiger partial charge in [0.2, 0.25) is 5.91 Å². The van der Waals surface area contributed by atoms with Crippen LogP contribution < -0.4 is 5.32 Å². The van der Waals surface area contributed by atoms with E-state index in [0.29, 0.717) is 18.5 Å². The average Bonchev–Trinajstić information content (AvgIpc) is 2.33. The van der Waals surface area contributed by atoms with Gasteiger partial charge in [-0.1, -0.05) is 22.4 Å². The minimum absolute atomic E-state index is 0.107. The molecule has 104 valence electrons. The van der Waals surface area contributed by atoms with Crippen LogP contribution in [-0.2, 0) is 11.2 Å². The van der Waals surface area contributed by atoms with Crippen LogP contribution in [0.25, 0.3) is 0 Å². The molecule has 2 rings (SSSR count). The molecule has 2 N–H and O–H groups in total. The van der Waals surface area contributed by atoms with E-state index in [1.165, 1.54) is 6.07 Å². The molecule has 1 aliphatic carbocycles. The van der Waals surface area contributed by atoms with E-state index in [2.05, 4.69) is 21.2 Å². The maximum atomic E-state index is 13.5. The number of halogens is 2. The van der Waals surface area contributed by atoms with Crippen LogP contribution in [0.2, 0.25) is 0 Å². The number of benzene rings is 1. The van der Waals surface area contributed by atoms with Gasteiger partial charge in [0, 0.05) is 11.0 Å². The molecule has 19 heavy (non-hydrogen) atoms. The third-order valence-corrected chi connectivity index (χ3v) is 4.28. The second kappa shape index (κ2) is 6.01. The van der Waals surface area contributed by atoms with Crippen LogP contribution in [-0.4, -0.2) is 24.2 Å². The number of nitrogens with one attached hydrogen (secondary N) is 1. The molecule has 1 aromatic rings. The van der Waals surface area contributed by atoms with E-state index < -0.39 is 5.41 Å². The Morgan fingerprint density at radius 2 is 2.21 bits per heavy atom. The third-order valence-electron chi connectivity index (χ3n) is 3.78. The first kappa shape index (κ1) is 14.5. The molecule has 1 aromatic carbocycles. The molecule has 3 nitrogen and oxygen atoms in total. The standard InChI is InChI=1S/C14H17BrFNO2/c15-11-2-3-12(16)10(8-11)4-7-17-13(19)14(9-18)5-1-6-14/h2-3,8,18H,1,4-7,9H2,(H,17,19). The first-order chi connectivity index (χ1) is 9.07. The molecule has 0 bridgehead atoms. The number of amides is 1. The molecule has 0 saturated heterocycles. The van der Waals surface area contributed by atoms with Crippen molar-refractivity contribution < 1.29 is 14.3 Å². The summed E-state index contributed by atoms with van der Waals surface area (Å²) in [6.07, 6.45) is 2.90. The summed E-state index contributed by atoms with van der Waals surface area (Å²) < 4.78 is 14.3. The zero-order chi connectivity index (χ0) is 13.9. The molecule has 1 fully saturated rings. The van der Waals surface area contributed by atoms with Crippen molar-refractivity contribution in [3.05, 3.63) is 34.1 Å². The Morgan fingerprint density at radius 1 is 1.47 bits per heavy atom. The SMILES string of the molecule is O=C(NCCc1cc(Br)ccc1F)C1(CO)CCC1. The molecule has 0 radical (unpaired) electrons. The highest BCUT2D eigenvalue weighted by Gasteiger charge is 2.43. The van der Waals surface area contributed by atoms with Gasteiger partial charge in [-0.2, -0.15) is 0 Å². The van der Waals surface area contributed by atoms with E-state index in [9.17, 15) is 14.3 Å². The summed E-state index contributed by atoms with van der Waals surface area (Å²) in [4.78, 5) is 11.9. The largest absolute Gasteiger partial charge is 0.395 e. The van der Waals surface area contributed by atoms with Gasteiger partial charge in [-0.25, -0.2) is 4.39 Å². The Bertz CT molecular complexity index is 469. The van der Waals surface area contributed by atoms with Crippen molar-refractivity contribution in [2.75, 3.05) is 13.2 Å². The monoisotopic (exact) mass is 329 g/mol. The van der Waals surface area contributed by atoms with Gasteiger partial charge < -0.3 is 10.4 Å². The zero-order valence-electron chi connectivity index (χ0n) is 10.6. The van der Waals surface area contributed by atoms with Gasteiger partial charge in [0.15, 0.2) is 0 Å². The van der Waals surface area contributed by atoms with Gasteiger partial charge in [-0.3, -0.25) is 4.79 Å². The lowest BCUT2D eigenvalue weighted by Gasteiger charge is -2.38. The molecule has 0 heterocycles. The van der Waals surface area contributed by atoms with Crippen LogP contribution >= 0.6 is 15.9 Å². The summed E-state index contributed by atoms with van der Waals surface area (Å²) in [6.45, 7) is 0.276. The van der Waals surface area contributed by atoms with E-state index >= 15 is 0 Å². The van der Waals surface area contributed by atoms with Crippen LogP contribution in [0, 0.1) is 11.2 Å². The number of hydrogen-bond acceptors (Lipinski definition) is 2. The predicted molar refractivity (Wildman–Crippen MR) is 74.2 cm³/mol. The van der Waals surface area contributed by atoms with E-state index in [0.717, 1.165) is 23.7 Å². The van der Waals surface area contributed by atoms with Gasteiger partial charge in [-0.05, 0) is 43.0 Å². The summed E-state index contributed by atoms with van der Waals surface area (Å²) in [7, 11) is 0. The fraction of sp³-hybridized carbons (Fsp3) is 0.500. The number of aliphatic hydroxyl groups is 1. The zero-order valence-corrected chi connectivity index (χ0v) is 12.2. The van der Waals surface area contributed by atoms with Crippen LogP contribution in [0.15, 0.2) is 22.7 Å². The third kappa shape index (κ3) is 3.15. The molecular weight excluding hydrogens is 313 g/mol. The second-order valence-corrected chi connectivity index (χ2v) is 5.95. The molecule has 1 aliphatic rings. The highest BCUT2D eigenvalue weighted by Crippen LogP contribution is 2.40. The number of carbonyl (C=O) groups excluding carboxylic acids is 1. The molecule has 1 amide bonds. The van der Waals surface area contributed by atoms with Crippen molar-refractivity contribution in [3.8, 4) is 0 Å². The minimum atomic E-state index is -0.587. The Balaban J connectivity index is 1.86. The first-order valence-electron chi connectivity index (χ1n) is 6.40. The van der Waals surface area contributed by atoms with Crippen LogP contribution in [0.1, 0.15) is 24.8 Å². The summed E-state index contributed by atoms with van der Waals surface area (Å²) in [5.41, 5.74) is -0.0168. The van der Waals surface area contributed by atoms with Crippen molar-refractivity contribution in [1.82, 2.24) is 5.32 Å². The van der Waals surface area contributed by atoms with Crippen LogP contribution in [0.3, 0.4) is 0 Å². The van der Waals surface area contributed by atoms with Gasteiger partial charge in [0.05, 0.1) is 12.0 Å². The highest BCUT2D eigenvalue weighted by atomic mass is 79.9. The Kier molecular flexibility index (Phi) is 4.58. The smallest absolute Gasteiger partial charge is 0.228 e. The predicted octanol–water partition coefficient (Wildman–Crippen LogP) is 2.41. The summed E-state index contributed by atoms with van der Waals surface area (Å²) in [5.74, 6) is -0.380. The number of rotatable bonds is 5. The fourth-order valence-electron chi connectivity index (χ4n) is 2.29. The second-order valence-electron chi connectivity index (χ2n) is 5.03. The summed E-state index contributed by atoms with van der Waals surface area (Å²) in [6, 6.07) is 4.77. The molecule has 1 saturated carbocycles. The van der Waals surface area contributed by atoms with E-state index in [4.69, 9.17) is 0 Å². The number of carbonyl (C=O) groups is 1. The lowest BCUT2D eigenvalue weighted by Crippen LogP contribution is -2.48. The van der Waals surface area contributed by atoms with Gasteiger partial charge in [0.1, 0.15) is 5.82 Å². The number of hydrogen-bond donors (Lipinski definition) is 2. The molecule has 0 spiro atoms. The average molecular weight is 330 g/mol. The van der Waals surface area contributed by atoms with Gasteiger partial charge in [-0.15, -0.1) is 0 Å². The Morgan fingerprint density at radius 3 is 2.79 bits per heavy atom. The summed E-state index contributed by atoms with van der Waals surface area (Å²) in [5, 5.41) is 12.1. The molecular formula is C14H17BrFNO2. The van der Waals surface area contributed by atoms with E-state index in [1.54, 1.807) is 12.1 Å². The first-order valence-corrected chi connectivity index (χ1v) is 7.20. The van der Waals surface area contributed by atoms with Crippen LogP contribution in [0.5, 0.6) is 0 Å². The maximum Gasteiger partial charge on any atom is 0.228 e. The van der Waals surface area contributed by atoms with Crippen molar-refractivity contribution in [2.45, 2.75) is 25.7 Å². The lowest BCUT2D eigenvalue weighted by atomic mass is 9.68. The highest BCUT2D eigenvalue weighted by molar-refractivity contribution is 9.10. The molecule has 5 heteroatoms. The van der Waals surface area contributed by atoms with Crippen molar-refractivity contribution in [3.63, 3.8) is 0 Å². The molecule has 0 unspecified atom stereocenters. The molecule has 0 atom stereocenters. The fourth-order valence-corrected chi connectivity index (χ4v) is 2.70. The molecule has 0 aliphatic heterocycles. The van der Waals surface area contributed by atoms with Crippen molar-refractivity contribution in [2.24, 2.45) is 5.41 Å². The maximum absolute atomic E-state index is 13.5. The minimum Gasteiger partial charge on any atom is -0.395 e. The Labute approximate surface area is 120 Å². The van der Waals surface area contributed by atoms with Gasteiger partial charge in [0.25, 0.3) is 0 Å². The van der Waals surface area contributed by atoms with E-state index in [-0.39, 0.29) is 18.3 Å². The quantitative estimate of drug-likeness (QED) is 0.871. The van der Waals surface area contributed by atoms with Crippen LogP contribution in [0.4, 0.5) is 4.39 Å².